The molecule has 6 nitrogen and oxygen atoms in total. The van der Waals surface area contributed by atoms with Crippen molar-refractivity contribution in [3.8, 4) is 0 Å². The molecule has 0 saturated carbocycles. The minimum absolute atomic E-state index is 0.118. The number of fused-ring (bicyclic) bond motifs is 2. The van der Waals surface area contributed by atoms with Gasteiger partial charge in [-0.3, -0.25) is 9.20 Å². The van der Waals surface area contributed by atoms with Gasteiger partial charge >= 0.3 is 0 Å². The summed E-state index contributed by atoms with van der Waals surface area (Å²) in [4.78, 5) is 15.8. The Kier molecular flexibility index (Phi) is 3.08. The van der Waals surface area contributed by atoms with Gasteiger partial charge in [0.05, 0.1) is 12.1 Å². The predicted octanol–water partition coefficient (Wildman–Crippen LogP) is 2.45. The van der Waals surface area contributed by atoms with Gasteiger partial charge in [0.15, 0.2) is 11.5 Å². The molecular formula is C17H15N5O. The van der Waals surface area contributed by atoms with Crippen LogP contribution >= 0.6 is 0 Å². The van der Waals surface area contributed by atoms with E-state index in [4.69, 9.17) is 0 Å². The van der Waals surface area contributed by atoms with E-state index in [2.05, 4.69) is 20.5 Å². The molecule has 3 aromatic heterocycles. The molecule has 0 aliphatic carbocycles. The van der Waals surface area contributed by atoms with E-state index in [-0.39, 0.29) is 5.91 Å². The molecule has 4 aromatic rings. The van der Waals surface area contributed by atoms with Crippen molar-refractivity contribution in [3.63, 3.8) is 0 Å². The maximum Gasteiger partial charge on any atom is 0.254 e. The molecule has 0 saturated heterocycles. The summed E-state index contributed by atoms with van der Waals surface area (Å²) in [6, 6.07) is 13.5. The topological polar surface area (TPSA) is 75.1 Å². The van der Waals surface area contributed by atoms with Crippen LogP contribution in [0.15, 0.2) is 48.7 Å². The third-order valence-corrected chi connectivity index (χ3v) is 3.91. The number of nitrogens with zero attached hydrogens (tertiary/aromatic N) is 3. The van der Waals surface area contributed by atoms with E-state index in [1.54, 1.807) is 0 Å². The molecule has 23 heavy (non-hydrogen) atoms. The first kappa shape index (κ1) is 13.5. The van der Waals surface area contributed by atoms with E-state index in [1.807, 2.05) is 60.0 Å². The van der Waals surface area contributed by atoms with Crippen LogP contribution in [0.2, 0.25) is 0 Å². The Hall–Kier alpha value is -3.15. The molecule has 1 aromatic carbocycles. The van der Waals surface area contributed by atoms with Crippen molar-refractivity contribution in [2.45, 2.75) is 13.5 Å². The maximum atomic E-state index is 12.6. The van der Waals surface area contributed by atoms with E-state index in [9.17, 15) is 4.79 Å². The van der Waals surface area contributed by atoms with E-state index < -0.39 is 0 Å². The van der Waals surface area contributed by atoms with Gasteiger partial charge in [0, 0.05) is 22.8 Å². The first-order valence-corrected chi connectivity index (χ1v) is 7.38. The molecular weight excluding hydrogens is 290 g/mol. The zero-order valence-corrected chi connectivity index (χ0v) is 12.6. The highest BCUT2D eigenvalue weighted by Crippen LogP contribution is 2.21. The summed E-state index contributed by atoms with van der Waals surface area (Å²) >= 11 is 0. The number of aromatic nitrogens is 4. The van der Waals surface area contributed by atoms with Crippen LogP contribution in [-0.4, -0.2) is 25.5 Å². The molecule has 0 aliphatic rings. The minimum atomic E-state index is -0.118. The summed E-state index contributed by atoms with van der Waals surface area (Å²) in [7, 11) is 0. The molecule has 0 aliphatic heterocycles. The number of H-pyrrole nitrogens is 1. The third kappa shape index (κ3) is 2.24. The van der Waals surface area contributed by atoms with Gasteiger partial charge in [0.1, 0.15) is 0 Å². The van der Waals surface area contributed by atoms with Crippen LogP contribution in [0.4, 0.5) is 0 Å². The number of carbonyl (C=O) groups excluding carboxylic acids is 1. The van der Waals surface area contributed by atoms with E-state index in [1.165, 1.54) is 0 Å². The standard InChI is InChI=1S/C17H15N5O/c1-11-16(12-6-2-3-7-13(12)19-11)17(23)18-10-15-21-20-14-8-4-5-9-22(14)15/h2-9,19H,10H2,1H3,(H,18,23). The SMILES string of the molecule is Cc1[nH]c2ccccc2c1C(=O)NCc1nnc2ccccn12. The number of amides is 1. The fourth-order valence-electron chi connectivity index (χ4n) is 2.83. The quantitative estimate of drug-likeness (QED) is 0.610. The van der Waals surface area contributed by atoms with Gasteiger partial charge in [-0.15, -0.1) is 10.2 Å². The zero-order chi connectivity index (χ0) is 15.8. The Bertz CT molecular complexity index is 1010. The lowest BCUT2D eigenvalue weighted by atomic mass is 10.1. The molecule has 1 amide bonds. The molecule has 114 valence electrons. The van der Waals surface area contributed by atoms with Gasteiger partial charge in [-0.1, -0.05) is 24.3 Å². The molecule has 0 atom stereocenters. The number of pyridine rings is 1. The first-order valence-electron chi connectivity index (χ1n) is 7.38. The molecule has 0 fully saturated rings. The Morgan fingerprint density at radius 2 is 2.00 bits per heavy atom. The first-order chi connectivity index (χ1) is 11.2. The van der Waals surface area contributed by atoms with Gasteiger partial charge < -0.3 is 10.3 Å². The lowest BCUT2D eigenvalue weighted by molar-refractivity contribution is 0.0951. The third-order valence-electron chi connectivity index (χ3n) is 3.91. The fourth-order valence-corrected chi connectivity index (χ4v) is 2.83. The number of rotatable bonds is 3. The van der Waals surface area contributed by atoms with Crippen molar-refractivity contribution >= 4 is 22.5 Å². The van der Waals surface area contributed by atoms with Crippen molar-refractivity contribution in [1.29, 1.82) is 0 Å². The van der Waals surface area contributed by atoms with Crippen molar-refractivity contribution < 1.29 is 4.79 Å². The molecule has 2 N–H and O–H groups in total. The Morgan fingerprint density at radius 3 is 2.91 bits per heavy atom. The second-order valence-electron chi connectivity index (χ2n) is 5.40. The van der Waals surface area contributed by atoms with Crippen molar-refractivity contribution in [3.05, 3.63) is 65.7 Å². The van der Waals surface area contributed by atoms with E-state index in [0.717, 1.165) is 22.2 Å². The molecule has 6 heteroatoms. The second kappa shape index (κ2) is 5.24. The molecule has 0 bridgehead atoms. The highest BCUT2D eigenvalue weighted by atomic mass is 16.1. The van der Waals surface area contributed by atoms with Crippen LogP contribution in [0.1, 0.15) is 21.9 Å². The number of hydrogen-bond acceptors (Lipinski definition) is 3. The minimum Gasteiger partial charge on any atom is -0.358 e. The Balaban J connectivity index is 1.61. The summed E-state index contributed by atoms with van der Waals surface area (Å²) in [5.74, 6) is 0.582. The van der Waals surface area contributed by atoms with E-state index in [0.29, 0.717) is 17.9 Å². The summed E-state index contributed by atoms with van der Waals surface area (Å²) < 4.78 is 1.86. The van der Waals surface area contributed by atoms with Crippen molar-refractivity contribution in [1.82, 2.24) is 24.9 Å². The smallest absolute Gasteiger partial charge is 0.254 e. The molecule has 0 unspecified atom stereocenters. The second-order valence-corrected chi connectivity index (χ2v) is 5.40. The fraction of sp³-hybridized carbons (Fsp3) is 0.118. The van der Waals surface area contributed by atoms with E-state index >= 15 is 0 Å². The van der Waals surface area contributed by atoms with Crippen molar-refractivity contribution in [2.75, 3.05) is 0 Å². The lowest BCUT2D eigenvalue weighted by Crippen LogP contribution is -2.24. The predicted molar refractivity (Wildman–Crippen MR) is 87.2 cm³/mol. The number of nitrogens with one attached hydrogen (secondary N) is 2. The molecule has 4 rings (SSSR count). The molecule has 3 heterocycles. The van der Waals surface area contributed by atoms with Crippen LogP contribution in [0.25, 0.3) is 16.6 Å². The largest absolute Gasteiger partial charge is 0.358 e. The van der Waals surface area contributed by atoms with Gasteiger partial charge in [-0.05, 0) is 25.1 Å². The van der Waals surface area contributed by atoms with Crippen LogP contribution in [-0.2, 0) is 6.54 Å². The van der Waals surface area contributed by atoms with Gasteiger partial charge in [0.2, 0.25) is 0 Å². The van der Waals surface area contributed by atoms with Gasteiger partial charge in [0.25, 0.3) is 5.91 Å². The Morgan fingerprint density at radius 1 is 1.17 bits per heavy atom. The van der Waals surface area contributed by atoms with Crippen molar-refractivity contribution in [2.24, 2.45) is 0 Å². The number of para-hydroxylation sites is 1. The van der Waals surface area contributed by atoms with Gasteiger partial charge in [-0.25, -0.2) is 0 Å². The molecule has 0 spiro atoms. The number of aromatic amines is 1. The Labute approximate surface area is 132 Å². The highest BCUT2D eigenvalue weighted by molar-refractivity contribution is 6.08. The summed E-state index contributed by atoms with van der Waals surface area (Å²) in [5.41, 5.74) is 3.26. The van der Waals surface area contributed by atoms with Crippen LogP contribution in [0.3, 0.4) is 0 Å². The monoisotopic (exact) mass is 305 g/mol. The van der Waals surface area contributed by atoms with Gasteiger partial charge in [-0.2, -0.15) is 0 Å². The van der Waals surface area contributed by atoms with Crippen LogP contribution < -0.4 is 5.32 Å². The average molecular weight is 305 g/mol. The molecule has 0 radical (unpaired) electrons. The highest BCUT2D eigenvalue weighted by Gasteiger charge is 2.16. The summed E-state index contributed by atoms with van der Waals surface area (Å²) in [6.45, 7) is 2.23. The lowest BCUT2D eigenvalue weighted by Gasteiger charge is -2.04. The number of benzene rings is 1. The zero-order valence-electron chi connectivity index (χ0n) is 12.6. The number of carbonyl (C=O) groups is 1. The number of hydrogen-bond donors (Lipinski definition) is 2. The average Bonchev–Trinajstić information content (AvgIpc) is 3.12. The summed E-state index contributed by atoms with van der Waals surface area (Å²) in [5, 5.41) is 12.1. The summed E-state index contributed by atoms with van der Waals surface area (Å²) in [6.07, 6.45) is 1.88. The maximum absolute atomic E-state index is 12.6. The normalized spacial score (nSPS) is 11.2. The van der Waals surface area contributed by atoms with Crippen LogP contribution in [0, 0.1) is 6.92 Å². The number of aryl methyl sites for hydroxylation is 1. The van der Waals surface area contributed by atoms with Crippen LogP contribution in [0.5, 0.6) is 0 Å².